The number of aryl methyl sites for hydroxylation is 2. The molecule has 2 aromatic rings. The van der Waals surface area contributed by atoms with Crippen molar-refractivity contribution in [3.63, 3.8) is 0 Å². The van der Waals surface area contributed by atoms with Gasteiger partial charge in [-0.25, -0.2) is 4.39 Å². The Balaban J connectivity index is 1.29. The van der Waals surface area contributed by atoms with Crippen LogP contribution in [0.1, 0.15) is 70.3 Å². The predicted octanol–water partition coefficient (Wildman–Crippen LogP) is 4.75. The molecule has 0 amide bonds. The summed E-state index contributed by atoms with van der Waals surface area (Å²) >= 11 is 0. The van der Waals surface area contributed by atoms with Gasteiger partial charge in [-0.1, -0.05) is 6.92 Å². The fourth-order valence-electron chi connectivity index (χ4n) is 5.20. The molecule has 1 aliphatic heterocycles. The standard InChI is InChI=1S/C25H31FN2O2/c1-3-21-16(2)27-22-9-6-18(25(30)23(21)22)10-13-28-14-11-19(12-15-28)24(29)17-4-7-20(26)8-5-17/h4-5,7-8,18-19,27H,3,6,9-15H2,1-2H3. The summed E-state index contributed by atoms with van der Waals surface area (Å²) in [5.41, 5.74) is 5.04. The molecule has 160 valence electrons. The van der Waals surface area contributed by atoms with Crippen molar-refractivity contribution in [2.45, 2.75) is 52.4 Å². The Bertz CT molecular complexity index is 923. The van der Waals surface area contributed by atoms with Gasteiger partial charge < -0.3 is 9.88 Å². The molecule has 4 rings (SSSR count). The van der Waals surface area contributed by atoms with E-state index in [1.165, 1.54) is 17.7 Å². The summed E-state index contributed by atoms with van der Waals surface area (Å²) < 4.78 is 13.1. The highest BCUT2D eigenvalue weighted by Gasteiger charge is 2.32. The van der Waals surface area contributed by atoms with Gasteiger partial charge in [0.15, 0.2) is 11.6 Å². The molecule has 0 spiro atoms. The van der Waals surface area contributed by atoms with Gasteiger partial charge in [0.2, 0.25) is 0 Å². The second-order valence-corrected chi connectivity index (χ2v) is 8.81. The van der Waals surface area contributed by atoms with Crippen LogP contribution in [-0.2, 0) is 12.8 Å². The quantitative estimate of drug-likeness (QED) is 0.699. The van der Waals surface area contributed by atoms with Crippen LogP contribution in [0.4, 0.5) is 4.39 Å². The maximum atomic E-state index is 13.1. The zero-order valence-electron chi connectivity index (χ0n) is 18.0. The number of Topliss-reactive ketones (excluding diaryl/α,β-unsaturated/α-hetero) is 2. The highest BCUT2D eigenvalue weighted by atomic mass is 19.1. The third-order valence-corrected chi connectivity index (χ3v) is 6.99. The first-order chi connectivity index (χ1) is 14.5. The maximum Gasteiger partial charge on any atom is 0.168 e. The highest BCUT2D eigenvalue weighted by molar-refractivity contribution is 6.01. The normalized spacial score (nSPS) is 20.4. The molecule has 0 radical (unpaired) electrons. The van der Waals surface area contributed by atoms with E-state index in [1.54, 1.807) is 12.1 Å². The minimum Gasteiger partial charge on any atom is -0.362 e. The number of halogens is 1. The van der Waals surface area contributed by atoms with Crippen LogP contribution in [0.25, 0.3) is 0 Å². The third-order valence-electron chi connectivity index (χ3n) is 6.99. The van der Waals surface area contributed by atoms with Gasteiger partial charge in [-0.2, -0.15) is 0 Å². The van der Waals surface area contributed by atoms with Crippen molar-refractivity contribution < 1.29 is 14.0 Å². The number of carbonyl (C=O) groups excluding carboxylic acids is 2. The molecule has 1 aliphatic carbocycles. The first kappa shape index (κ1) is 21.0. The lowest BCUT2D eigenvalue weighted by Crippen LogP contribution is -2.38. The topological polar surface area (TPSA) is 53.2 Å². The van der Waals surface area contributed by atoms with E-state index in [0.29, 0.717) is 11.3 Å². The molecule has 2 heterocycles. The van der Waals surface area contributed by atoms with Gasteiger partial charge in [0.25, 0.3) is 0 Å². The minimum atomic E-state index is -0.313. The van der Waals surface area contributed by atoms with Gasteiger partial charge in [-0.3, -0.25) is 9.59 Å². The lowest BCUT2D eigenvalue weighted by Gasteiger charge is -2.32. The number of benzene rings is 1. The molecule has 1 saturated heterocycles. The maximum absolute atomic E-state index is 13.1. The summed E-state index contributed by atoms with van der Waals surface area (Å²) in [4.78, 5) is 31.6. The fourth-order valence-corrected chi connectivity index (χ4v) is 5.20. The van der Waals surface area contributed by atoms with Gasteiger partial charge in [0.05, 0.1) is 0 Å². The summed E-state index contributed by atoms with van der Waals surface area (Å²) in [5, 5.41) is 0. The lowest BCUT2D eigenvalue weighted by atomic mass is 9.82. The van der Waals surface area contributed by atoms with Crippen molar-refractivity contribution >= 4 is 11.6 Å². The van der Waals surface area contributed by atoms with Crippen LogP contribution in [0.3, 0.4) is 0 Å². The number of nitrogens with one attached hydrogen (secondary N) is 1. The van der Waals surface area contributed by atoms with Crippen LogP contribution in [0.2, 0.25) is 0 Å². The molecule has 1 aromatic heterocycles. The van der Waals surface area contributed by atoms with Gasteiger partial charge >= 0.3 is 0 Å². The van der Waals surface area contributed by atoms with E-state index in [2.05, 4.69) is 23.7 Å². The van der Waals surface area contributed by atoms with E-state index in [4.69, 9.17) is 0 Å². The molecule has 30 heavy (non-hydrogen) atoms. The van der Waals surface area contributed by atoms with Gasteiger partial charge in [-0.15, -0.1) is 0 Å². The van der Waals surface area contributed by atoms with Crippen LogP contribution in [0.5, 0.6) is 0 Å². The van der Waals surface area contributed by atoms with Gasteiger partial charge in [0, 0.05) is 34.4 Å². The average molecular weight is 411 g/mol. The summed E-state index contributed by atoms with van der Waals surface area (Å²) in [7, 11) is 0. The van der Waals surface area contributed by atoms with Crippen molar-refractivity contribution in [1.82, 2.24) is 9.88 Å². The molecule has 1 unspecified atom stereocenters. The van der Waals surface area contributed by atoms with Crippen LogP contribution < -0.4 is 0 Å². The number of carbonyl (C=O) groups is 2. The summed E-state index contributed by atoms with van der Waals surface area (Å²) in [6.45, 7) is 6.86. The van der Waals surface area contributed by atoms with Gasteiger partial charge in [0.1, 0.15) is 5.82 Å². The second kappa shape index (κ2) is 8.84. The number of aromatic nitrogens is 1. The van der Waals surface area contributed by atoms with E-state index >= 15 is 0 Å². The monoisotopic (exact) mass is 410 g/mol. The Labute approximate surface area is 177 Å². The van der Waals surface area contributed by atoms with Crippen LogP contribution in [-0.4, -0.2) is 41.1 Å². The number of rotatable bonds is 6. The molecule has 1 atom stereocenters. The molecule has 1 N–H and O–H groups in total. The highest BCUT2D eigenvalue weighted by Crippen LogP contribution is 2.32. The SMILES string of the molecule is CCc1c(C)[nH]c2c1C(=O)C(CCN1CCC(C(=O)c3ccc(F)cc3)CC1)CC2. The average Bonchev–Trinajstić information content (AvgIpc) is 3.09. The number of aromatic amines is 1. The van der Waals surface area contributed by atoms with E-state index in [-0.39, 0.29) is 23.4 Å². The van der Waals surface area contributed by atoms with Gasteiger partial charge in [-0.05, 0) is 94.9 Å². The van der Waals surface area contributed by atoms with Crippen LogP contribution >= 0.6 is 0 Å². The van der Waals surface area contributed by atoms with E-state index in [0.717, 1.165) is 75.1 Å². The molecule has 0 bridgehead atoms. The molecular formula is C25H31FN2O2. The molecule has 4 nitrogen and oxygen atoms in total. The smallest absolute Gasteiger partial charge is 0.168 e. The van der Waals surface area contributed by atoms with E-state index in [1.807, 2.05) is 0 Å². The Morgan fingerprint density at radius 1 is 1.17 bits per heavy atom. The zero-order chi connectivity index (χ0) is 21.3. The van der Waals surface area contributed by atoms with E-state index < -0.39 is 0 Å². The largest absolute Gasteiger partial charge is 0.362 e. The number of fused-ring (bicyclic) bond motifs is 1. The number of nitrogens with zero attached hydrogens (tertiary/aromatic N) is 1. The Hall–Kier alpha value is -2.27. The number of ketones is 2. The Morgan fingerprint density at radius 2 is 1.87 bits per heavy atom. The third kappa shape index (κ3) is 4.13. The Kier molecular flexibility index (Phi) is 6.19. The van der Waals surface area contributed by atoms with Crippen LogP contribution in [0.15, 0.2) is 24.3 Å². The van der Waals surface area contributed by atoms with Crippen molar-refractivity contribution in [3.8, 4) is 0 Å². The number of H-pyrrole nitrogens is 1. The molecular weight excluding hydrogens is 379 g/mol. The summed E-state index contributed by atoms with van der Waals surface area (Å²) in [5.74, 6) is 0.252. The van der Waals surface area contributed by atoms with Crippen LogP contribution in [0, 0.1) is 24.6 Å². The molecule has 5 heteroatoms. The van der Waals surface area contributed by atoms with Crippen molar-refractivity contribution in [3.05, 3.63) is 58.2 Å². The number of likely N-dealkylation sites (tertiary alicyclic amines) is 1. The van der Waals surface area contributed by atoms with E-state index in [9.17, 15) is 14.0 Å². The summed E-state index contributed by atoms with van der Waals surface area (Å²) in [6, 6.07) is 5.87. The first-order valence-electron chi connectivity index (χ1n) is 11.2. The van der Waals surface area contributed by atoms with Crippen molar-refractivity contribution in [1.29, 1.82) is 0 Å². The zero-order valence-corrected chi connectivity index (χ0v) is 18.0. The lowest BCUT2D eigenvalue weighted by molar-refractivity contribution is 0.0820. The Morgan fingerprint density at radius 3 is 2.53 bits per heavy atom. The van der Waals surface area contributed by atoms with Crippen molar-refractivity contribution in [2.75, 3.05) is 19.6 Å². The predicted molar refractivity (Wildman–Crippen MR) is 116 cm³/mol. The first-order valence-corrected chi connectivity index (χ1v) is 11.2. The minimum absolute atomic E-state index is 0.0144. The summed E-state index contributed by atoms with van der Waals surface area (Å²) in [6.07, 6.45) is 5.33. The van der Waals surface area contributed by atoms with Crippen molar-refractivity contribution in [2.24, 2.45) is 11.8 Å². The number of hydrogen-bond donors (Lipinski definition) is 1. The molecule has 1 fully saturated rings. The number of piperidine rings is 1. The fraction of sp³-hybridized carbons (Fsp3) is 0.520. The molecule has 1 aromatic carbocycles. The number of hydrogen-bond acceptors (Lipinski definition) is 3. The molecule has 0 saturated carbocycles. The molecule has 2 aliphatic rings. The second-order valence-electron chi connectivity index (χ2n) is 8.81.